The third kappa shape index (κ3) is 2.75. The first-order valence-electron chi connectivity index (χ1n) is 8.18. The Balaban J connectivity index is 1.49. The molecule has 1 saturated heterocycles. The molecule has 24 heavy (non-hydrogen) atoms. The molecule has 6 nitrogen and oxygen atoms in total. The Kier molecular flexibility index (Phi) is 3.93. The highest BCUT2D eigenvalue weighted by molar-refractivity contribution is 7.22. The molecule has 4 rings (SSSR count). The first-order valence-corrected chi connectivity index (χ1v) is 9.00. The normalized spacial score (nSPS) is 15.2. The minimum Gasteiger partial charge on any atom is -0.352 e. The van der Waals surface area contributed by atoms with Crippen LogP contribution in [-0.4, -0.2) is 40.9 Å². The maximum atomic E-state index is 11.7. The number of piperazine rings is 1. The minimum atomic E-state index is -0.0469. The van der Waals surface area contributed by atoms with E-state index in [9.17, 15) is 4.79 Å². The van der Waals surface area contributed by atoms with Gasteiger partial charge in [-0.05, 0) is 25.1 Å². The molecule has 1 fully saturated rings. The third-order valence-corrected chi connectivity index (χ3v) is 5.41. The lowest BCUT2D eigenvalue weighted by Gasteiger charge is -2.35. The van der Waals surface area contributed by atoms with E-state index in [-0.39, 0.29) is 5.56 Å². The van der Waals surface area contributed by atoms with E-state index in [0.717, 1.165) is 42.6 Å². The molecular weight excluding hydrogens is 322 g/mol. The van der Waals surface area contributed by atoms with E-state index in [1.54, 1.807) is 17.4 Å². The molecule has 2 aromatic heterocycles. The number of thiazole rings is 1. The molecule has 1 aromatic carbocycles. The Morgan fingerprint density at radius 3 is 2.54 bits per heavy atom. The molecule has 124 valence electrons. The van der Waals surface area contributed by atoms with Crippen molar-refractivity contribution >= 4 is 32.5 Å². The van der Waals surface area contributed by atoms with Crippen molar-refractivity contribution in [3.8, 4) is 0 Å². The average Bonchev–Trinajstić information content (AvgIpc) is 3.06. The lowest BCUT2D eigenvalue weighted by Crippen LogP contribution is -2.47. The number of benzene rings is 1. The topological polar surface area (TPSA) is 54.3 Å². The molecule has 0 saturated carbocycles. The van der Waals surface area contributed by atoms with Crippen LogP contribution in [-0.2, 0) is 6.54 Å². The Morgan fingerprint density at radius 2 is 1.79 bits per heavy atom. The van der Waals surface area contributed by atoms with Gasteiger partial charge < -0.3 is 9.80 Å². The van der Waals surface area contributed by atoms with Gasteiger partial charge in [0.15, 0.2) is 5.13 Å². The molecule has 0 N–H and O–H groups in total. The predicted molar refractivity (Wildman–Crippen MR) is 98.2 cm³/mol. The number of aryl methyl sites for hydroxylation is 1. The second-order valence-corrected chi connectivity index (χ2v) is 6.79. The van der Waals surface area contributed by atoms with E-state index in [2.05, 4.69) is 33.1 Å². The summed E-state index contributed by atoms with van der Waals surface area (Å²) in [6.45, 7) is 6.11. The summed E-state index contributed by atoms with van der Waals surface area (Å²) >= 11 is 1.74. The highest BCUT2D eigenvalue weighted by Gasteiger charge is 2.21. The first-order chi connectivity index (χ1) is 11.7. The number of aromatic nitrogens is 3. The second kappa shape index (κ2) is 6.24. The minimum absolute atomic E-state index is 0.0469. The summed E-state index contributed by atoms with van der Waals surface area (Å²) < 4.78 is 2.74. The van der Waals surface area contributed by atoms with Gasteiger partial charge in [0.1, 0.15) is 5.82 Å². The molecule has 0 radical (unpaired) electrons. The van der Waals surface area contributed by atoms with E-state index in [1.807, 2.05) is 19.1 Å². The Morgan fingerprint density at radius 1 is 1.04 bits per heavy atom. The fourth-order valence-electron chi connectivity index (χ4n) is 2.96. The van der Waals surface area contributed by atoms with Gasteiger partial charge in [0, 0.05) is 38.8 Å². The number of fused-ring (bicyclic) bond motifs is 1. The molecule has 3 aromatic rings. The summed E-state index contributed by atoms with van der Waals surface area (Å²) in [5, 5.41) is 5.53. The van der Waals surface area contributed by atoms with Crippen molar-refractivity contribution < 1.29 is 0 Å². The maximum absolute atomic E-state index is 11.7. The number of para-hydroxylation sites is 1. The molecule has 0 spiro atoms. The molecular formula is C17H19N5OS. The molecule has 0 unspecified atom stereocenters. The standard InChI is InChI=1S/C17H19N5OS/c1-2-22-16(23)8-7-15(19-22)20-9-11-21(12-10-20)17-18-13-5-3-4-6-14(13)24-17/h3-8H,2,9-12H2,1H3. The molecule has 0 amide bonds. The molecule has 0 aliphatic carbocycles. The van der Waals surface area contributed by atoms with Gasteiger partial charge >= 0.3 is 0 Å². The van der Waals surface area contributed by atoms with Crippen LogP contribution in [0.2, 0.25) is 0 Å². The van der Waals surface area contributed by atoms with Crippen LogP contribution >= 0.6 is 11.3 Å². The average molecular weight is 341 g/mol. The van der Waals surface area contributed by atoms with E-state index >= 15 is 0 Å². The van der Waals surface area contributed by atoms with Gasteiger partial charge in [-0.1, -0.05) is 23.5 Å². The Bertz CT molecular complexity index is 877. The van der Waals surface area contributed by atoms with Crippen molar-refractivity contribution in [3.05, 3.63) is 46.8 Å². The maximum Gasteiger partial charge on any atom is 0.266 e. The zero-order chi connectivity index (χ0) is 16.5. The van der Waals surface area contributed by atoms with Gasteiger partial charge in [-0.3, -0.25) is 4.79 Å². The number of hydrogen-bond donors (Lipinski definition) is 0. The smallest absolute Gasteiger partial charge is 0.266 e. The fourth-order valence-corrected chi connectivity index (χ4v) is 3.97. The van der Waals surface area contributed by atoms with Crippen molar-refractivity contribution in [2.45, 2.75) is 13.5 Å². The van der Waals surface area contributed by atoms with Crippen LogP contribution in [0, 0.1) is 0 Å². The Labute approximate surface area is 144 Å². The lowest BCUT2D eigenvalue weighted by atomic mass is 10.3. The van der Waals surface area contributed by atoms with Crippen LogP contribution in [0.15, 0.2) is 41.2 Å². The lowest BCUT2D eigenvalue weighted by molar-refractivity contribution is 0.588. The number of rotatable bonds is 3. The van der Waals surface area contributed by atoms with E-state index < -0.39 is 0 Å². The molecule has 1 aliphatic rings. The van der Waals surface area contributed by atoms with Crippen LogP contribution in [0.4, 0.5) is 10.9 Å². The first kappa shape index (κ1) is 15.1. The summed E-state index contributed by atoms with van der Waals surface area (Å²) in [6, 6.07) is 11.7. The van der Waals surface area contributed by atoms with Gasteiger partial charge in [0.25, 0.3) is 5.56 Å². The molecule has 3 heterocycles. The van der Waals surface area contributed by atoms with E-state index in [0.29, 0.717) is 6.54 Å². The van der Waals surface area contributed by atoms with Crippen LogP contribution < -0.4 is 15.4 Å². The number of hydrogen-bond acceptors (Lipinski definition) is 6. The van der Waals surface area contributed by atoms with Gasteiger partial charge in [-0.2, -0.15) is 5.10 Å². The summed E-state index contributed by atoms with van der Waals surface area (Å²) in [7, 11) is 0. The van der Waals surface area contributed by atoms with Crippen molar-refractivity contribution in [2.24, 2.45) is 0 Å². The number of anilines is 2. The van der Waals surface area contributed by atoms with Crippen LogP contribution in [0.3, 0.4) is 0 Å². The summed E-state index contributed by atoms with van der Waals surface area (Å²) in [6.07, 6.45) is 0. The number of nitrogens with zero attached hydrogens (tertiary/aromatic N) is 5. The van der Waals surface area contributed by atoms with Crippen LogP contribution in [0.5, 0.6) is 0 Å². The van der Waals surface area contributed by atoms with Gasteiger partial charge in [-0.15, -0.1) is 0 Å². The van der Waals surface area contributed by atoms with Crippen molar-refractivity contribution in [1.82, 2.24) is 14.8 Å². The summed E-state index contributed by atoms with van der Waals surface area (Å²) in [5.74, 6) is 0.875. The zero-order valence-corrected chi connectivity index (χ0v) is 14.4. The van der Waals surface area contributed by atoms with Gasteiger partial charge in [0.05, 0.1) is 10.2 Å². The SMILES string of the molecule is CCn1nc(N2CCN(c3nc4ccccc4s3)CC2)ccc1=O. The largest absolute Gasteiger partial charge is 0.352 e. The second-order valence-electron chi connectivity index (χ2n) is 5.78. The van der Waals surface area contributed by atoms with Crippen molar-refractivity contribution in [1.29, 1.82) is 0 Å². The highest BCUT2D eigenvalue weighted by atomic mass is 32.1. The molecule has 0 atom stereocenters. The predicted octanol–water partition coefficient (Wildman–Crippen LogP) is 2.20. The van der Waals surface area contributed by atoms with Crippen molar-refractivity contribution in [2.75, 3.05) is 36.0 Å². The van der Waals surface area contributed by atoms with E-state index in [4.69, 9.17) is 4.98 Å². The van der Waals surface area contributed by atoms with Crippen LogP contribution in [0.1, 0.15) is 6.92 Å². The van der Waals surface area contributed by atoms with E-state index in [1.165, 1.54) is 9.38 Å². The van der Waals surface area contributed by atoms with Crippen LogP contribution in [0.25, 0.3) is 10.2 Å². The monoisotopic (exact) mass is 341 g/mol. The van der Waals surface area contributed by atoms with Crippen molar-refractivity contribution in [3.63, 3.8) is 0 Å². The Hall–Kier alpha value is -2.41. The summed E-state index contributed by atoms with van der Waals surface area (Å²) in [5.41, 5.74) is 1.02. The molecule has 1 aliphatic heterocycles. The summed E-state index contributed by atoms with van der Waals surface area (Å²) in [4.78, 5) is 21.0. The third-order valence-electron chi connectivity index (χ3n) is 4.31. The van der Waals surface area contributed by atoms with Gasteiger partial charge in [0.2, 0.25) is 0 Å². The highest BCUT2D eigenvalue weighted by Crippen LogP contribution is 2.29. The quantitative estimate of drug-likeness (QED) is 0.731. The fraction of sp³-hybridized carbons (Fsp3) is 0.353. The zero-order valence-electron chi connectivity index (χ0n) is 13.6. The molecule has 0 bridgehead atoms. The molecule has 7 heteroatoms. The van der Waals surface area contributed by atoms with Gasteiger partial charge in [-0.25, -0.2) is 9.67 Å².